The lowest BCUT2D eigenvalue weighted by atomic mass is 9.98. The third-order valence-electron chi connectivity index (χ3n) is 4.41. The molecule has 0 heterocycles. The summed E-state index contributed by atoms with van der Waals surface area (Å²) in [5, 5.41) is 12.6. The smallest absolute Gasteiger partial charge is 0.411 e. The van der Waals surface area contributed by atoms with Crippen LogP contribution in [0.5, 0.6) is 5.75 Å². The summed E-state index contributed by atoms with van der Waals surface area (Å²) >= 11 is 0. The topological polar surface area (TPSA) is 58.6 Å². The first kappa shape index (κ1) is 16.4. The van der Waals surface area contributed by atoms with Crippen molar-refractivity contribution in [3.63, 3.8) is 0 Å². The molecule has 0 aromatic heterocycles. The molecule has 126 valence electrons. The first-order valence-electron chi connectivity index (χ1n) is 8.54. The number of ether oxygens (including phenoxy) is 1. The second-order valence-electron chi connectivity index (χ2n) is 6.29. The Morgan fingerprint density at radius 2 is 1.75 bits per heavy atom. The predicted octanol–water partition coefficient (Wildman–Crippen LogP) is 4.86. The highest BCUT2D eigenvalue weighted by Gasteiger charge is 2.17. The standard InChI is InChI=1S/C20H23NO3/c22-19-9-5-4-6-16(19)14-15-10-12-17(13-11-15)21-20(23)24-18-7-2-1-3-8-18/h4-6,9-13,18,22H,1-3,7-8,14H2,(H,21,23). The van der Waals surface area contributed by atoms with Crippen LogP contribution in [0.3, 0.4) is 0 Å². The molecule has 0 bridgehead atoms. The SMILES string of the molecule is O=C(Nc1ccc(Cc2ccccc2O)cc1)OC1CCCCC1. The lowest BCUT2D eigenvalue weighted by Crippen LogP contribution is -2.24. The van der Waals surface area contributed by atoms with E-state index in [-0.39, 0.29) is 12.2 Å². The Labute approximate surface area is 142 Å². The number of aromatic hydroxyl groups is 1. The number of phenolic OH excluding ortho intramolecular Hbond substituents is 1. The molecule has 1 aliphatic carbocycles. The molecule has 1 amide bonds. The summed E-state index contributed by atoms with van der Waals surface area (Å²) in [6, 6.07) is 14.9. The van der Waals surface area contributed by atoms with Crippen LogP contribution in [0.1, 0.15) is 43.2 Å². The number of rotatable bonds is 4. The van der Waals surface area contributed by atoms with E-state index in [0.29, 0.717) is 12.2 Å². The van der Waals surface area contributed by atoms with Gasteiger partial charge in [0.05, 0.1) is 0 Å². The highest BCUT2D eigenvalue weighted by molar-refractivity contribution is 5.84. The van der Waals surface area contributed by atoms with Crippen LogP contribution in [0.25, 0.3) is 0 Å². The van der Waals surface area contributed by atoms with Crippen molar-refractivity contribution in [2.45, 2.75) is 44.6 Å². The van der Waals surface area contributed by atoms with E-state index in [1.807, 2.05) is 42.5 Å². The van der Waals surface area contributed by atoms with E-state index in [9.17, 15) is 9.90 Å². The van der Waals surface area contributed by atoms with Crippen LogP contribution in [-0.2, 0) is 11.2 Å². The molecular weight excluding hydrogens is 302 g/mol. The maximum absolute atomic E-state index is 11.9. The van der Waals surface area contributed by atoms with Crippen molar-refractivity contribution in [2.24, 2.45) is 0 Å². The van der Waals surface area contributed by atoms with E-state index in [1.54, 1.807) is 6.07 Å². The molecule has 0 saturated heterocycles. The van der Waals surface area contributed by atoms with Crippen LogP contribution in [0, 0.1) is 0 Å². The fraction of sp³-hybridized carbons (Fsp3) is 0.350. The van der Waals surface area contributed by atoms with Crippen molar-refractivity contribution in [1.82, 2.24) is 0 Å². The number of amides is 1. The third-order valence-corrected chi connectivity index (χ3v) is 4.41. The molecule has 1 aliphatic rings. The Hall–Kier alpha value is -2.49. The average Bonchev–Trinajstić information content (AvgIpc) is 2.59. The molecule has 0 aliphatic heterocycles. The fourth-order valence-electron chi connectivity index (χ4n) is 3.07. The zero-order chi connectivity index (χ0) is 16.8. The summed E-state index contributed by atoms with van der Waals surface area (Å²) in [6.07, 6.45) is 5.77. The molecule has 2 aromatic rings. The molecule has 2 aromatic carbocycles. The summed E-state index contributed by atoms with van der Waals surface area (Å²) in [5.41, 5.74) is 2.68. The first-order valence-corrected chi connectivity index (χ1v) is 8.54. The molecule has 4 heteroatoms. The zero-order valence-electron chi connectivity index (χ0n) is 13.7. The van der Waals surface area contributed by atoms with Gasteiger partial charge in [-0.05, 0) is 55.0 Å². The van der Waals surface area contributed by atoms with Crippen LogP contribution in [-0.4, -0.2) is 17.3 Å². The van der Waals surface area contributed by atoms with Gasteiger partial charge >= 0.3 is 6.09 Å². The maximum atomic E-state index is 11.9. The second kappa shape index (κ2) is 7.86. The Morgan fingerprint density at radius 1 is 1.04 bits per heavy atom. The van der Waals surface area contributed by atoms with Gasteiger partial charge in [-0.25, -0.2) is 4.79 Å². The van der Waals surface area contributed by atoms with Crippen LogP contribution >= 0.6 is 0 Å². The first-order chi connectivity index (χ1) is 11.7. The number of hydrogen-bond acceptors (Lipinski definition) is 3. The third kappa shape index (κ3) is 4.51. The Bertz CT molecular complexity index is 676. The Balaban J connectivity index is 1.54. The van der Waals surface area contributed by atoms with Crippen molar-refractivity contribution in [1.29, 1.82) is 0 Å². The number of hydrogen-bond donors (Lipinski definition) is 2. The molecule has 0 radical (unpaired) electrons. The zero-order valence-corrected chi connectivity index (χ0v) is 13.7. The van der Waals surface area contributed by atoms with Crippen molar-refractivity contribution in [3.05, 3.63) is 59.7 Å². The molecule has 0 spiro atoms. The highest BCUT2D eigenvalue weighted by Crippen LogP contribution is 2.22. The van der Waals surface area contributed by atoms with Gasteiger partial charge in [-0.1, -0.05) is 36.8 Å². The van der Waals surface area contributed by atoms with E-state index < -0.39 is 0 Å². The van der Waals surface area contributed by atoms with Crippen LogP contribution in [0.2, 0.25) is 0 Å². The molecule has 0 atom stereocenters. The van der Waals surface area contributed by atoms with E-state index in [1.165, 1.54) is 6.42 Å². The molecule has 0 unspecified atom stereocenters. The van der Waals surface area contributed by atoms with E-state index in [2.05, 4.69) is 5.32 Å². The summed E-state index contributed by atoms with van der Waals surface area (Å²) in [7, 11) is 0. The number of phenols is 1. The van der Waals surface area contributed by atoms with Crippen molar-refractivity contribution < 1.29 is 14.6 Å². The van der Waals surface area contributed by atoms with Crippen LogP contribution in [0.4, 0.5) is 10.5 Å². The monoisotopic (exact) mass is 325 g/mol. The summed E-state index contributed by atoms with van der Waals surface area (Å²) in [6.45, 7) is 0. The van der Waals surface area contributed by atoms with E-state index in [0.717, 1.165) is 42.5 Å². The van der Waals surface area contributed by atoms with Gasteiger partial charge in [0.1, 0.15) is 11.9 Å². The second-order valence-corrected chi connectivity index (χ2v) is 6.29. The number of para-hydroxylation sites is 1. The van der Waals surface area contributed by atoms with Gasteiger partial charge in [-0.3, -0.25) is 5.32 Å². The van der Waals surface area contributed by atoms with Gasteiger partial charge in [0.25, 0.3) is 0 Å². The molecular formula is C20H23NO3. The normalized spacial score (nSPS) is 15.0. The average molecular weight is 325 g/mol. The molecule has 1 fully saturated rings. The van der Waals surface area contributed by atoms with Gasteiger partial charge in [0.2, 0.25) is 0 Å². The maximum Gasteiger partial charge on any atom is 0.411 e. The minimum absolute atomic E-state index is 0.0547. The van der Waals surface area contributed by atoms with E-state index in [4.69, 9.17) is 4.74 Å². The number of carbonyl (C=O) groups is 1. The largest absolute Gasteiger partial charge is 0.508 e. The quantitative estimate of drug-likeness (QED) is 0.843. The number of anilines is 1. The number of benzene rings is 2. The van der Waals surface area contributed by atoms with Gasteiger partial charge in [-0.2, -0.15) is 0 Å². The molecule has 4 nitrogen and oxygen atoms in total. The fourth-order valence-corrected chi connectivity index (χ4v) is 3.07. The van der Waals surface area contributed by atoms with Crippen LogP contribution < -0.4 is 5.32 Å². The van der Waals surface area contributed by atoms with Gasteiger partial charge in [-0.15, -0.1) is 0 Å². The minimum Gasteiger partial charge on any atom is -0.508 e. The lowest BCUT2D eigenvalue weighted by molar-refractivity contribution is 0.0865. The lowest BCUT2D eigenvalue weighted by Gasteiger charge is -2.21. The highest BCUT2D eigenvalue weighted by atomic mass is 16.6. The van der Waals surface area contributed by atoms with Gasteiger partial charge < -0.3 is 9.84 Å². The summed E-state index contributed by atoms with van der Waals surface area (Å²) in [5.74, 6) is 0.302. The Morgan fingerprint density at radius 3 is 2.46 bits per heavy atom. The predicted molar refractivity (Wildman–Crippen MR) is 94.3 cm³/mol. The number of nitrogens with one attached hydrogen (secondary N) is 1. The molecule has 24 heavy (non-hydrogen) atoms. The van der Waals surface area contributed by atoms with E-state index >= 15 is 0 Å². The van der Waals surface area contributed by atoms with Crippen LogP contribution in [0.15, 0.2) is 48.5 Å². The Kier molecular flexibility index (Phi) is 5.36. The van der Waals surface area contributed by atoms with Gasteiger partial charge in [0, 0.05) is 12.1 Å². The number of carbonyl (C=O) groups excluding carboxylic acids is 1. The van der Waals surface area contributed by atoms with Gasteiger partial charge in [0.15, 0.2) is 0 Å². The molecule has 2 N–H and O–H groups in total. The van der Waals surface area contributed by atoms with Crippen molar-refractivity contribution in [3.8, 4) is 5.75 Å². The van der Waals surface area contributed by atoms with Crippen molar-refractivity contribution in [2.75, 3.05) is 5.32 Å². The molecule has 3 rings (SSSR count). The molecule has 1 saturated carbocycles. The summed E-state index contributed by atoms with van der Waals surface area (Å²) in [4.78, 5) is 11.9. The van der Waals surface area contributed by atoms with Crippen molar-refractivity contribution >= 4 is 11.8 Å². The summed E-state index contributed by atoms with van der Waals surface area (Å²) < 4.78 is 5.45. The minimum atomic E-state index is -0.379.